The molecule has 0 aliphatic heterocycles. The number of hydrogen-bond donors (Lipinski definition) is 0. The lowest BCUT2D eigenvalue weighted by molar-refractivity contribution is 0.232. The molecule has 3 heteroatoms. The molecule has 1 aromatic rings. The third-order valence-electron chi connectivity index (χ3n) is 1.65. The minimum absolute atomic E-state index is 0.0719. The average molecular weight is 183 g/mol. The average Bonchev–Trinajstić information content (AvgIpc) is 2.07. The monoisotopic (exact) mass is 183 g/mol. The molecule has 0 amide bonds. The SMILES string of the molecule is CCc1cc(OC(C)C)ncc1F. The van der Waals surface area contributed by atoms with Gasteiger partial charge in [-0.15, -0.1) is 0 Å². The van der Waals surface area contributed by atoms with Gasteiger partial charge in [0, 0.05) is 6.07 Å². The summed E-state index contributed by atoms with van der Waals surface area (Å²) >= 11 is 0. The molecule has 0 aliphatic carbocycles. The van der Waals surface area contributed by atoms with Crippen molar-refractivity contribution in [3.63, 3.8) is 0 Å². The number of aryl methyl sites for hydroxylation is 1. The summed E-state index contributed by atoms with van der Waals surface area (Å²) in [6.45, 7) is 5.73. The van der Waals surface area contributed by atoms with Gasteiger partial charge in [-0.2, -0.15) is 0 Å². The van der Waals surface area contributed by atoms with E-state index in [1.54, 1.807) is 6.07 Å². The van der Waals surface area contributed by atoms with E-state index in [1.807, 2.05) is 20.8 Å². The van der Waals surface area contributed by atoms with E-state index < -0.39 is 0 Å². The highest BCUT2D eigenvalue weighted by Crippen LogP contribution is 2.14. The van der Waals surface area contributed by atoms with Crippen molar-refractivity contribution in [1.29, 1.82) is 0 Å². The highest BCUT2D eigenvalue weighted by molar-refractivity contribution is 5.22. The zero-order valence-corrected chi connectivity index (χ0v) is 8.17. The summed E-state index contributed by atoms with van der Waals surface area (Å²) in [5.74, 6) is 0.229. The van der Waals surface area contributed by atoms with Gasteiger partial charge in [0.1, 0.15) is 5.82 Å². The van der Waals surface area contributed by atoms with Crippen LogP contribution in [-0.2, 0) is 6.42 Å². The van der Waals surface area contributed by atoms with E-state index in [0.717, 1.165) is 0 Å². The molecule has 0 aliphatic rings. The van der Waals surface area contributed by atoms with Crippen molar-refractivity contribution in [3.05, 3.63) is 23.6 Å². The fraction of sp³-hybridized carbons (Fsp3) is 0.500. The van der Waals surface area contributed by atoms with Crippen LogP contribution in [0.25, 0.3) is 0 Å². The quantitative estimate of drug-likeness (QED) is 0.718. The molecular weight excluding hydrogens is 169 g/mol. The van der Waals surface area contributed by atoms with Gasteiger partial charge in [-0.3, -0.25) is 0 Å². The summed E-state index contributed by atoms with van der Waals surface area (Å²) < 4.78 is 18.3. The standard InChI is InChI=1S/C10H14FNO/c1-4-8-5-10(13-7(2)3)12-6-9(8)11/h5-7H,4H2,1-3H3. The second-order valence-electron chi connectivity index (χ2n) is 3.13. The molecule has 1 rings (SSSR count). The number of hydrogen-bond acceptors (Lipinski definition) is 2. The number of aromatic nitrogens is 1. The first-order valence-electron chi connectivity index (χ1n) is 4.44. The van der Waals surface area contributed by atoms with Gasteiger partial charge in [-0.25, -0.2) is 9.37 Å². The van der Waals surface area contributed by atoms with Crippen molar-refractivity contribution in [2.45, 2.75) is 33.3 Å². The molecule has 0 spiro atoms. The molecule has 0 atom stereocenters. The van der Waals surface area contributed by atoms with Crippen molar-refractivity contribution in [1.82, 2.24) is 4.98 Å². The minimum Gasteiger partial charge on any atom is -0.475 e. The van der Waals surface area contributed by atoms with E-state index in [-0.39, 0.29) is 11.9 Å². The van der Waals surface area contributed by atoms with Crippen molar-refractivity contribution in [2.75, 3.05) is 0 Å². The Labute approximate surface area is 77.8 Å². The van der Waals surface area contributed by atoms with E-state index in [1.165, 1.54) is 6.20 Å². The number of pyridine rings is 1. The van der Waals surface area contributed by atoms with E-state index in [2.05, 4.69) is 4.98 Å². The molecule has 0 fully saturated rings. The molecule has 13 heavy (non-hydrogen) atoms. The van der Waals surface area contributed by atoms with E-state index in [4.69, 9.17) is 4.74 Å². The van der Waals surface area contributed by atoms with Crippen molar-refractivity contribution in [3.8, 4) is 5.88 Å². The van der Waals surface area contributed by atoms with Gasteiger partial charge in [0.25, 0.3) is 0 Å². The number of nitrogens with zero attached hydrogens (tertiary/aromatic N) is 1. The zero-order valence-electron chi connectivity index (χ0n) is 8.17. The second-order valence-corrected chi connectivity index (χ2v) is 3.13. The summed E-state index contributed by atoms with van der Waals surface area (Å²) in [7, 11) is 0. The number of rotatable bonds is 3. The highest BCUT2D eigenvalue weighted by atomic mass is 19.1. The topological polar surface area (TPSA) is 22.1 Å². The lowest BCUT2D eigenvalue weighted by Crippen LogP contribution is -2.07. The summed E-state index contributed by atoms with van der Waals surface area (Å²) in [5.41, 5.74) is 0.644. The summed E-state index contributed by atoms with van der Waals surface area (Å²) in [5, 5.41) is 0. The molecular formula is C10H14FNO. The van der Waals surface area contributed by atoms with Gasteiger partial charge < -0.3 is 4.74 Å². The van der Waals surface area contributed by atoms with Crippen LogP contribution in [-0.4, -0.2) is 11.1 Å². The fourth-order valence-electron chi connectivity index (χ4n) is 1.04. The highest BCUT2D eigenvalue weighted by Gasteiger charge is 2.04. The molecule has 0 aromatic carbocycles. The minimum atomic E-state index is -0.265. The van der Waals surface area contributed by atoms with E-state index in [9.17, 15) is 4.39 Å². The van der Waals surface area contributed by atoms with Crippen LogP contribution in [0.2, 0.25) is 0 Å². The molecule has 2 nitrogen and oxygen atoms in total. The Bertz CT molecular complexity index is 286. The first-order valence-corrected chi connectivity index (χ1v) is 4.44. The second kappa shape index (κ2) is 4.21. The summed E-state index contributed by atoms with van der Waals surface area (Å²) in [6.07, 6.45) is 1.93. The maximum Gasteiger partial charge on any atom is 0.213 e. The van der Waals surface area contributed by atoms with Crippen molar-refractivity contribution < 1.29 is 9.13 Å². The van der Waals surface area contributed by atoms with Gasteiger partial charge >= 0.3 is 0 Å². The Balaban J connectivity index is 2.86. The van der Waals surface area contributed by atoms with Crippen molar-refractivity contribution >= 4 is 0 Å². The number of ether oxygens (including phenoxy) is 1. The zero-order chi connectivity index (χ0) is 9.84. The van der Waals surface area contributed by atoms with E-state index in [0.29, 0.717) is 17.9 Å². The van der Waals surface area contributed by atoms with Crippen LogP contribution < -0.4 is 4.74 Å². The van der Waals surface area contributed by atoms with Crippen LogP contribution in [0.3, 0.4) is 0 Å². The van der Waals surface area contributed by atoms with E-state index >= 15 is 0 Å². The molecule has 0 saturated carbocycles. The fourth-order valence-corrected chi connectivity index (χ4v) is 1.04. The van der Waals surface area contributed by atoms with Gasteiger partial charge in [0.2, 0.25) is 5.88 Å². The van der Waals surface area contributed by atoms with Crippen LogP contribution in [0.5, 0.6) is 5.88 Å². The molecule has 0 unspecified atom stereocenters. The third-order valence-corrected chi connectivity index (χ3v) is 1.65. The first kappa shape index (κ1) is 9.96. The van der Waals surface area contributed by atoms with Crippen LogP contribution in [0, 0.1) is 5.82 Å². The normalized spacial score (nSPS) is 10.5. The van der Waals surface area contributed by atoms with Crippen LogP contribution in [0.4, 0.5) is 4.39 Å². The molecule has 0 N–H and O–H groups in total. The Morgan fingerprint density at radius 1 is 1.54 bits per heavy atom. The molecule has 1 heterocycles. The molecule has 0 radical (unpaired) electrons. The predicted octanol–water partition coefficient (Wildman–Crippen LogP) is 2.57. The first-order chi connectivity index (χ1) is 6.13. The third kappa shape index (κ3) is 2.68. The van der Waals surface area contributed by atoms with Crippen molar-refractivity contribution in [2.24, 2.45) is 0 Å². The molecule has 0 saturated heterocycles. The van der Waals surface area contributed by atoms with Crippen LogP contribution in [0.1, 0.15) is 26.3 Å². The van der Waals surface area contributed by atoms with Crippen LogP contribution in [0.15, 0.2) is 12.3 Å². The Morgan fingerprint density at radius 2 is 2.23 bits per heavy atom. The Hall–Kier alpha value is -1.12. The lowest BCUT2D eigenvalue weighted by atomic mass is 10.2. The smallest absolute Gasteiger partial charge is 0.213 e. The maximum atomic E-state index is 13.0. The van der Waals surface area contributed by atoms with Crippen LogP contribution >= 0.6 is 0 Å². The van der Waals surface area contributed by atoms with Gasteiger partial charge in [0.15, 0.2) is 0 Å². The number of halogens is 1. The predicted molar refractivity (Wildman–Crippen MR) is 49.3 cm³/mol. The largest absolute Gasteiger partial charge is 0.475 e. The van der Waals surface area contributed by atoms with Gasteiger partial charge in [-0.05, 0) is 25.8 Å². The molecule has 1 aromatic heterocycles. The lowest BCUT2D eigenvalue weighted by Gasteiger charge is -2.09. The Kier molecular flexibility index (Phi) is 3.23. The summed E-state index contributed by atoms with van der Waals surface area (Å²) in [4.78, 5) is 3.83. The molecule has 0 bridgehead atoms. The van der Waals surface area contributed by atoms with Gasteiger partial charge in [0.05, 0.1) is 12.3 Å². The maximum absolute atomic E-state index is 13.0. The summed E-state index contributed by atoms with van der Waals surface area (Å²) in [6, 6.07) is 1.65. The molecule has 72 valence electrons. The van der Waals surface area contributed by atoms with Gasteiger partial charge in [-0.1, -0.05) is 6.92 Å². The Morgan fingerprint density at radius 3 is 2.77 bits per heavy atom.